The molecule has 0 aliphatic carbocycles. The molecule has 30 heavy (non-hydrogen) atoms. The van der Waals surface area contributed by atoms with Crippen LogP contribution in [0.1, 0.15) is 68.7 Å². The number of carbonyl (C=O) groups excluding carboxylic acids is 4. The highest BCUT2D eigenvalue weighted by molar-refractivity contribution is 6.20. The summed E-state index contributed by atoms with van der Waals surface area (Å²) in [5, 5.41) is 3.11. The summed E-state index contributed by atoms with van der Waals surface area (Å²) in [6.45, 7) is 9.99. The number of hydrogen-bond acceptors (Lipinski definition) is 7. The standard InChI is InChI=1S/C21H28N2O7/c1-20(2,3)29-18(26)15(22-19(27)30-21(4,5)6)11-12-28-23-16(24)13-9-7-8-10-14(13)17(23)25/h7-10,15H,11-12H2,1-6H3,(H,22,27). The Morgan fingerprint density at radius 2 is 1.43 bits per heavy atom. The van der Waals surface area contributed by atoms with Crippen LogP contribution in [-0.2, 0) is 19.1 Å². The Morgan fingerprint density at radius 1 is 0.933 bits per heavy atom. The number of carbonyl (C=O) groups is 4. The second-order valence-corrected chi connectivity index (χ2v) is 8.80. The molecule has 0 spiro atoms. The first-order valence-electron chi connectivity index (χ1n) is 9.61. The molecule has 1 heterocycles. The van der Waals surface area contributed by atoms with Crippen LogP contribution in [0, 0.1) is 0 Å². The monoisotopic (exact) mass is 420 g/mol. The van der Waals surface area contributed by atoms with Gasteiger partial charge in [0.2, 0.25) is 0 Å². The molecule has 1 aliphatic rings. The molecule has 0 aromatic heterocycles. The molecule has 9 heteroatoms. The van der Waals surface area contributed by atoms with Crippen molar-refractivity contribution in [3.63, 3.8) is 0 Å². The average molecular weight is 420 g/mol. The van der Waals surface area contributed by atoms with Crippen LogP contribution in [0.5, 0.6) is 0 Å². The predicted octanol–water partition coefficient (Wildman–Crippen LogP) is 2.84. The SMILES string of the molecule is CC(C)(C)OC(=O)NC(CCON1C(=O)c2ccccc2C1=O)C(=O)OC(C)(C)C. The zero-order valence-corrected chi connectivity index (χ0v) is 18.1. The van der Waals surface area contributed by atoms with Crippen molar-refractivity contribution in [3.8, 4) is 0 Å². The molecule has 0 saturated heterocycles. The van der Waals surface area contributed by atoms with Crippen molar-refractivity contribution in [2.75, 3.05) is 6.61 Å². The summed E-state index contributed by atoms with van der Waals surface area (Å²) in [6, 6.07) is 5.28. The van der Waals surface area contributed by atoms with Crippen molar-refractivity contribution in [1.82, 2.24) is 10.4 Å². The van der Waals surface area contributed by atoms with Gasteiger partial charge in [0.15, 0.2) is 0 Å². The summed E-state index contributed by atoms with van der Waals surface area (Å²) >= 11 is 0. The van der Waals surface area contributed by atoms with Crippen molar-refractivity contribution in [2.24, 2.45) is 0 Å². The normalized spacial score (nSPS) is 14.9. The van der Waals surface area contributed by atoms with Crippen LogP contribution in [0.15, 0.2) is 24.3 Å². The van der Waals surface area contributed by atoms with Gasteiger partial charge in [0.1, 0.15) is 17.2 Å². The van der Waals surface area contributed by atoms with Crippen LogP contribution in [-0.4, -0.2) is 52.8 Å². The van der Waals surface area contributed by atoms with Crippen LogP contribution in [0.2, 0.25) is 0 Å². The van der Waals surface area contributed by atoms with E-state index in [9.17, 15) is 19.2 Å². The number of ether oxygens (including phenoxy) is 2. The summed E-state index contributed by atoms with van der Waals surface area (Å²) in [4.78, 5) is 54.6. The van der Waals surface area contributed by atoms with Gasteiger partial charge in [0.25, 0.3) is 11.8 Å². The molecule has 0 radical (unpaired) electrons. The summed E-state index contributed by atoms with van der Waals surface area (Å²) in [7, 11) is 0. The van der Waals surface area contributed by atoms with Gasteiger partial charge in [0, 0.05) is 6.42 Å². The second kappa shape index (κ2) is 8.83. The first kappa shape index (κ1) is 23.3. The number of amides is 3. The lowest BCUT2D eigenvalue weighted by Crippen LogP contribution is -2.47. The fraction of sp³-hybridized carbons (Fsp3) is 0.524. The number of imide groups is 1. The number of rotatable bonds is 6. The molecule has 1 aliphatic heterocycles. The van der Waals surface area contributed by atoms with Crippen LogP contribution < -0.4 is 5.32 Å². The number of hydrogen-bond donors (Lipinski definition) is 1. The van der Waals surface area contributed by atoms with Crippen molar-refractivity contribution in [3.05, 3.63) is 35.4 Å². The zero-order valence-electron chi connectivity index (χ0n) is 18.1. The summed E-state index contributed by atoms with van der Waals surface area (Å²) < 4.78 is 10.5. The molecule has 9 nitrogen and oxygen atoms in total. The van der Waals surface area contributed by atoms with Gasteiger partial charge in [-0.1, -0.05) is 12.1 Å². The molecule has 164 valence electrons. The van der Waals surface area contributed by atoms with E-state index in [0.717, 1.165) is 0 Å². The molecular weight excluding hydrogens is 392 g/mol. The number of esters is 1. The molecular formula is C21H28N2O7. The third-order valence-corrected chi connectivity index (χ3v) is 3.77. The highest BCUT2D eigenvalue weighted by atomic mass is 16.7. The molecule has 0 bridgehead atoms. The average Bonchev–Trinajstić information content (AvgIpc) is 2.83. The Bertz CT molecular complexity index is 801. The largest absolute Gasteiger partial charge is 0.458 e. The lowest BCUT2D eigenvalue weighted by molar-refractivity contribution is -0.159. The van der Waals surface area contributed by atoms with Crippen molar-refractivity contribution < 1.29 is 33.5 Å². The minimum Gasteiger partial charge on any atom is -0.458 e. The van der Waals surface area contributed by atoms with E-state index in [1.807, 2.05) is 0 Å². The first-order chi connectivity index (χ1) is 13.8. The number of nitrogens with zero attached hydrogens (tertiary/aromatic N) is 1. The predicted molar refractivity (Wildman–Crippen MR) is 107 cm³/mol. The molecule has 1 atom stereocenters. The van der Waals surface area contributed by atoms with Crippen LogP contribution in [0.4, 0.5) is 4.79 Å². The van der Waals surface area contributed by atoms with Gasteiger partial charge in [-0.15, -0.1) is 5.06 Å². The fourth-order valence-electron chi connectivity index (χ4n) is 2.62. The van der Waals surface area contributed by atoms with Crippen molar-refractivity contribution in [2.45, 2.75) is 65.2 Å². The Labute approximate surface area is 175 Å². The van der Waals surface area contributed by atoms with E-state index in [4.69, 9.17) is 14.3 Å². The first-order valence-corrected chi connectivity index (χ1v) is 9.61. The Balaban J connectivity index is 2.02. The Morgan fingerprint density at radius 3 is 1.90 bits per heavy atom. The van der Waals surface area contributed by atoms with Gasteiger partial charge in [-0.25, -0.2) is 9.59 Å². The summed E-state index contributed by atoms with van der Waals surface area (Å²) in [5.74, 6) is -1.84. The molecule has 1 N–H and O–H groups in total. The quantitative estimate of drug-likeness (QED) is 0.556. The highest BCUT2D eigenvalue weighted by Crippen LogP contribution is 2.23. The molecule has 2 rings (SSSR count). The van der Waals surface area contributed by atoms with E-state index in [-0.39, 0.29) is 24.2 Å². The summed E-state index contributed by atoms with van der Waals surface area (Å²) in [6.07, 6.45) is -0.833. The third kappa shape index (κ3) is 6.28. The topological polar surface area (TPSA) is 111 Å². The van der Waals surface area contributed by atoms with Crippen molar-refractivity contribution in [1.29, 1.82) is 0 Å². The number of alkyl carbamates (subject to hydrolysis) is 1. The van der Waals surface area contributed by atoms with Crippen LogP contribution in [0.25, 0.3) is 0 Å². The van der Waals surface area contributed by atoms with Gasteiger partial charge in [-0.3, -0.25) is 14.4 Å². The third-order valence-electron chi connectivity index (χ3n) is 3.77. The fourth-order valence-corrected chi connectivity index (χ4v) is 2.62. The van der Waals surface area contributed by atoms with Gasteiger partial charge >= 0.3 is 12.1 Å². The maximum absolute atomic E-state index is 12.5. The summed E-state index contributed by atoms with van der Waals surface area (Å²) in [5.41, 5.74) is -1.02. The van der Waals surface area contributed by atoms with Crippen molar-refractivity contribution >= 4 is 23.9 Å². The van der Waals surface area contributed by atoms with Gasteiger partial charge in [-0.2, -0.15) is 0 Å². The minimum atomic E-state index is -1.09. The van der Waals surface area contributed by atoms with Gasteiger partial charge < -0.3 is 14.8 Å². The molecule has 1 aromatic carbocycles. The van der Waals surface area contributed by atoms with E-state index in [2.05, 4.69) is 5.32 Å². The number of hydroxylamine groups is 2. The van der Waals surface area contributed by atoms with Gasteiger partial charge in [0.05, 0.1) is 17.7 Å². The molecule has 0 saturated carbocycles. The molecule has 1 unspecified atom stereocenters. The lowest BCUT2D eigenvalue weighted by atomic mass is 10.1. The molecule has 1 aromatic rings. The number of fused-ring (bicyclic) bond motifs is 1. The molecule has 3 amide bonds. The zero-order chi connectivity index (χ0) is 22.7. The van der Waals surface area contributed by atoms with E-state index in [1.165, 1.54) is 12.1 Å². The Kier molecular flexibility index (Phi) is 6.87. The van der Waals surface area contributed by atoms with Gasteiger partial charge in [-0.05, 0) is 53.7 Å². The minimum absolute atomic E-state index is 0.0401. The molecule has 0 fully saturated rings. The van der Waals surface area contributed by atoms with E-state index < -0.39 is 41.1 Å². The number of nitrogens with one attached hydrogen (secondary N) is 1. The highest BCUT2D eigenvalue weighted by Gasteiger charge is 2.37. The Hall–Kier alpha value is -2.94. The second-order valence-electron chi connectivity index (χ2n) is 8.80. The lowest BCUT2D eigenvalue weighted by Gasteiger charge is -2.26. The van der Waals surface area contributed by atoms with E-state index in [0.29, 0.717) is 5.06 Å². The number of benzene rings is 1. The van der Waals surface area contributed by atoms with E-state index in [1.54, 1.807) is 53.7 Å². The smallest absolute Gasteiger partial charge is 0.408 e. The van der Waals surface area contributed by atoms with Crippen LogP contribution in [0.3, 0.4) is 0 Å². The maximum atomic E-state index is 12.5. The van der Waals surface area contributed by atoms with E-state index >= 15 is 0 Å². The maximum Gasteiger partial charge on any atom is 0.408 e. The van der Waals surface area contributed by atoms with Crippen LogP contribution >= 0.6 is 0 Å².